The lowest BCUT2D eigenvalue weighted by Gasteiger charge is -2.12. The van der Waals surface area contributed by atoms with Crippen LogP contribution in [-0.2, 0) is 11.3 Å². The number of hydrogen-bond donors (Lipinski definition) is 2. The van der Waals surface area contributed by atoms with E-state index in [4.69, 9.17) is 5.11 Å². The Kier molecular flexibility index (Phi) is 4.16. The molecule has 1 aromatic rings. The molecule has 0 unspecified atom stereocenters. The normalized spacial score (nSPS) is 21.9. The van der Waals surface area contributed by atoms with Gasteiger partial charge in [0, 0.05) is 24.0 Å². The first-order valence-corrected chi connectivity index (χ1v) is 7.14. The molecule has 5 heteroatoms. The van der Waals surface area contributed by atoms with E-state index in [2.05, 4.69) is 16.8 Å². The summed E-state index contributed by atoms with van der Waals surface area (Å²) in [4.78, 5) is 23.2. The average molecular weight is 278 g/mol. The van der Waals surface area contributed by atoms with Gasteiger partial charge in [0.2, 0.25) is 0 Å². The molecule has 20 heavy (non-hydrogen) atoms. The first-order chi connectivity index (χ1) is 9.43. The van der Waals surface area contributed by atoms with Gasteiger partial charge < -0.3 is 15.0 Å². The lowest BCUT2D eigenvalue weighted by molar-refractivity contribution is -0.141. The number of carboxylic acid groups (broad SMARTS) is 1. The number of nitrogens with one attached hydrogen (secondary N) is 1. The molecule has 1 heterocycles. The zero-order valence-corrected chi connectivity index (χ0v) is 12.3. The van der Waals surface area contributed by atoms with Crippen LogP contribution in [0.4, 0.5) is 0 Å². The van der Waals surface area contributed by atoms with Crippen LogP contribution in [0.15, 0.2) is 6.07 Å². The third kappa shape index (κ3) is 2.71. The number of rotatable bonds is 4. The van der Waals surface area contributed by atoms with Crippen LogP contribution in [0.25, 0.3) is 0 Å². The van der Waals surface area contributed by atoms with Gasteiger partial charge in [-0.25, -0.2) is 0 Å². The predicted molar refractivity (Wildman–Crippen MR) is 75.8 cm³/mol. The number of hydrogen-bond acceptors (Lipinski definition) is 2. The largest absolute Gasteiger partial charge is 0.481 e. The van der Waals surface area contributed by atoms with E-state index in [0.29, 0.717) is 18.4 Å². The Morgan fingerprint density at radius 3 is 2.60 bits per heavy atom. The molecule has 2 N–H and O–H groups in total. The van der Waals surface area contributed by atoms with Crippen LogP contribution in [-0.4, -0.2) is 27.6 Å². The van der Waals surface area contributed by atoms with Gasteiger partial charge in [-0.15, -0.1) is 0 Å². The van der Waals surface area contributed by atoms with Crippen molar-refractivity contribution in [3.8, 4) is 0 Å². The predicted octanol–water partition coefficient (Wildman–Crippen LogP) is 2.11. The molecule has 1 amide bonds. The van der Waals surface area contributed by atoms with E-state index in [-0.39, 0.29) is 17.9 Å². The maximum atomic E-state index is 12.3. The summed E-state index contributed by atoms with van der Waals surface area (Å²) in [5.41, 5.74) is 2.74. The molecule has 2 atom stereocenters. The molecular formula is C15H22N2O3. The van der Waals surface area contributed by atoms with Gasteiger partial charge in [-0.2, -0.15) is 0 Å². The Hall–Kier alpha value is -1.78. The van der Waals surface area contributed by atoms with Gasteiger partial charge in [-0.3, -0.25) is 9.59 Å². The topological polar surface area (TPSA) is 71.3 Å². The summed E-state index contributed by atoms with van der Waals surface area (Å²) in [6.07, 6.45) is 1.93. The van der Waals surface area contributed by atoms with Gasteiger partial charge >= 0.3 is 5.97 Å². The van der Waals surface area contributed by atoms with E-state index >= 15 is 0 Å². The molecule has 2 rings (SSSR count). The summed E-state index contributed by atoms with van der Waals surface area (Å²) < 4.78 is 2.10. The van der Waals surface area contributed by atoms with Crippen molar-refractivity contribution in [2.75, 3.05) is 0 Å². The fourth-order valence-electron chi connectivity index (χ4n) is 3.12. The van der Waals surface area contributed by atoms with Gasteiger partial charge in [-0.05, 0) is 46.1 Å². The molecule has 1 aromatic heterocycles. The Labute approximate surface area is 119 Å². The zero-order valence-electron chi connectivity index (χ0n) is 12.3. The maximum Gasteiger partial charge on any atom is 0.306 e. The number of amides is 1. The van der Waals surface area contributed by atoms with Crippen LogP contribution in [0.2, 0.25) is 0 Å². The Morgan fingerprint density at radius 1 is 1.40 bits per heavy atom. The second kappa shape index (κ2) is 5.69. The van der Waals surface area contributed by atoms with E-state index in [1.807, 2.05) is 19.9 Å². The summed E-state index contributed by atoms with van der Waals surface area (Å²) in [7, 11) is 0. The molecule has 1 aliphatic rings. The van der Waals surface area contributed by atoms with Crippen molar-refractivity contribution < 1.29 is 14.7 Å². The number of aromatic nitrogens is 1. The lowest BCUT2D eigenvalue weighted by atomic mass is 10.1. The Bertz CT molecular complexity index is 533. The van der Waals surface area contributed by atoms with Crippen LogP contribution >= 0.6 is 0 Å². The Morgan fingerprint density at radius 2 is 2.10 bits per heavy atom. The summed E-state index contributed by atoms with van der Waals surface area (Å²) in [5.74, 6) is -1.16. The molecule has 0 saturated heterocycles. The van der Waals surface area contributed by atoms with E-state index in [9.17, 15) is 9.59 Å². The molecule has 0 aromatic carbocycles. The van der Waals surface area contributed by atoms with Crippen molar-refractivity contribution in [2.24, 2.45) is 5.92 Å². The number of carbonyl (C=O) groups is 2. The fourth-order valence-corrected chi connectivity index (χ4v) is 3.12. The van der Waals surface area contributed by atoms with Crippen LogP contribution in [0.5, 0.6) is 0 Å². The summed E-state index contributed by atoms with van der Waals surface area (Å²) >= 11 is 0. The highest BCUT2D eigenvalue weighted by Crippen LogP contribution is 2.26. The number of carboxylic acids is 1. The van der Waals surface area contributed by atoms with Gasteiger partial charge in [0.25, 0.3) is 5.91 Å². The third-order valence-corrected chi connectivity index (χ3v) is 4.25. The first kappa shape index (κ1) is 14.6. The van der Waals surface area contributed by atoms with E-state index in [1.54, 1.807) is 0 Å². The molecule has 0 bridgehead atoms. The number of aryl methyl sites for hydroxylation is 1. The number of carbonyl (C=O) groups excluding carboxylic acids is 1. The Balaban J connectivity index is 2.05. The minimum Gasteiger partial charge on any atom is -0.481 e. The van der Waals surface area contributed by atoms with E-state index < -0.39 is 5.97 Å². The van der Waals surface area contributed by atoms with Crippen LogP contribution < -0.4 is 5.32 Å². The van der Waals surface area contributed by atoms with Crippen LogP contribution in [0.3, 0.4) is 0 Å². The van der Waals surface area contributed by atoms with E-state index in [1.165, 1.54) is 0 Å². The molecule has 5 nitrogen and oxygen atoms in total. The fraction of sp³-hybridized carbons (Fsp3) is 0.600. The molecule has 1 aliphatic carbocycles. The molecule has 0 spiro atoms. The average Bonchev–Trinajstić information content (AvgIpc) is 2.94. The SMILES string of the molecule is CCn1c(C)cc(C(=O)N[C@H]2CC[C@@H](C(=O)O)C2)c1C. The molecule has 110 valence electrons. The molecular weight excluding hydrogens is 256 g/mol. The summed E-state index contributed by atoms with van der Waals surface area (Å²) in [6.45, 7) is 6.83. The van der Waals surface area contributed by atoms with Gasteiger partial charge in [0.05, 0.1) is 11.5 Å². The quantitative estimate of drug-likeness (QED) is 0.886. The highest BCUT2D eigenvalue weighted by atomic mass is 16.4. The molecule has 0 radical (unpaired) electrons. The van der Waals surface area contributed by atoms with E-state index in [0.717, 1.165) is 24.4 Å². The molecule has 1 saturated carbocycles. The zero-order chi connectivity index (χ0) is 14.9. The second-order valence-corrected chi connectivity index (χ2v) is 5.55. The first-order valence-electron chi connectivity index (χ1n) is 7.14. The van der Waals surface area contributed by atoms with Crippen LogP contribution in [0.1, 0.15) is 47.9 Å². The van der Waals surface area contributed by atoms with Crippen molar-refractivity contribution in [3.63, 3.8) is 0 Å². The smallest absolute Gasteiger partial charge is 0.306 e. The van der Waals surface area contributed by atoms with Crippen molar-refractivity contribution in [1.29, 1.82) is 0 Å². The second-order valence-electron chi connectivity index (χ2n) is 5.55. The minimum atomic E-state index is -0.758. The summed E-state index contributed by atoms with van der Waals surface area (Å²) in [5, 5.41) is 12.0. The van der Waals surface area contributed by atoms with Crippen molar-refractivity contribution in [1.82, 2.24) is 9.88 Å². The van der Waals surface area contributed by atoms with Crippen molar-refractivity contribution in [3.05, 3.63) is 23.0 Å². The third-order valence-electron chi connectivity index (χ3n) is 4.25. The van der Waals surface area contributed by atoms with Crippen molar-refractivity contribution >= 4 is 11.9 Å². The maximum absolute atomic E-state index is 12.3. The highest BCUT2D eigenvalue weighted by molar-refractivity contribution is 5.96. The standard InChI is InChI=1S/C15H22N2O3/c1-4-17-9(2)7-13(10(17)3)14(18)16-12-6-5-11(8-12)15(19)20/h7,11-12H,4-6,8H2,1-3H3,(H,16,18)(H,19,20)/t11-,12+/m1/s1. The minimum absolute atomic E-state index is 0.0201. The summed E-state index contributed by atoms with van der Waals surface area (Å²) in [6, 6.07) is 1.88. The number of aliphatic carboxylic acids is 1. The van der Waals surface area contributed by atoms with Gasteiger partial charge in [-0.1, -0.05) is 0 Å². The molecule has 0 aliphatic heterocycles. The molecule has 1 fully saturated rings. The van der Waals surface area contributed by atoms with Gasteiger partial charge in [0.15, 0.2) is 0 Å². The lowest BCUT2D eigenvalue weighted by Crippen LogP contribution is -2.33. The number of nitrogens with zero attached hydrogens (tertiary/aromatic N) is 1. The highest BCUT2D eigenvalue weighted by Gasteiger charge is 2.31. The van der Waals surface area contributed by atoms with Crippen LogP contribution in [0, 0.1) is 19.8 Å². The van der Waals surface area contributed by atoms with Gasteiger partial charge in [0.1, 0.15) is 0 Å². The monoisotopic (exact) mass is 278 g/mol. The van der Waals surface area contributed by atoms with Crippen molar-refractivity contribution in [2.45, 2.75) is 52.6 Å².